The molecular formula is C25H33N3O3. The maximum Gasteiger partial charge on any atom is 0.253 e. The van der Waals surface area contributed by atoms with E-state index in [0.29, 0.717) is 51.2 Å². The minimum atomic E-state index is 0.0272. The van der Waals surface area contributed by atoms with E-state index in [1.807, 2.05) is 85.1 Å². The molecule has 3 rings (SSSR count). The lowest BCUT2D eigenvalue weighted by atomic mass is 10.1. The fourth-order valence-electron chi connectivity index (χ4n) is 3.83. The summed E-state index contributed by atoms with van der Waals surface area (Å²) in [6, 6.07) is 13.7. The van der Waals surface area contributed by atoms with E-state index >= 15 is 0 Å². The maximum absolute atomic E-state index is 12.8. The van der Waals surface area contributed by atoms with Gasteiger partial charge in [0.1, 0.15) is 5.75 Å². The summed E-state index contributed by atoms with van der Waals surface area (Å²) in [5, 5.41) is 0. The predicted molar refractivity (Wildman–Crippen MR) is 124 cm³/mol. The Morgan fingerprint density at radius 1 is 0.903 bits per heavy atom. The van der Waals surface area contributed by atoms with Crippen molar-refractivity contribution in [2.45, 2.75) is 26.7 Å². The smallest absolute Gasteiger partial charge is 0.253 e. The van der Waals surface area contributed by atoms with Gasteiger partial charge < -0.3 is 19.4 Å². The molecule has 1 aliphatic rings. The Labute approximate surface area is 185 Å². The number of hydrogen-bond acceptors (Lipinski definition) is 4. The van der Waals surface area contributed by atoms with Gasteiger partial charge in [-0.05, 0) is 55.7 Å². The number of rotatable bonds is 7. The van der Waals surface area contributed by atoms with Gasteiger partial charge in [-0.15, -0.1) is 0 Å². The third-order valence-electron chi connectivity index (χ3n) is 5.74. The van der Waals surface area contributed by atoms with Crippen LogP contribution in [0.5, 0.6) is 5.75 Å². The van der Waals surface area contributed by atoms with Gasteiger partial charge in [0, 0.05) is 57.9 Å². The van der Waals surface area contributed by atoms with Crippen molar-refractivity contribution in [3.8, 4) is 5.75 Å². The molecule has 1 fully saturated rings. The number of piperazine rings is 1. The Bertz CT molecular complexity index is 880. The van der Waals surface area contributed by atoms with Crippen LogP contribution in [0.15, 0.2) is 42.5 Å². The van der Waals surface area contributed by atoms with Crippen LogP contribution in [0.4, 0.5) is 5.69 Å². The fraction of sp³-hybridized carbons (Fsp3) is 0.440. The van der Waals surface area contributed by atoms with Crippen LogP contribution in [-0.4, -0.2) is 68.5 Å². The molecule has 1 aliphatic heterocycles. The van der Waals surface area contributed by atoms with E-state index in [2.05, 4.69) is 0 Å². The minimum Gasteiger partial charge on any atom is -0.493 e. The van der Waals surface area contributed by atoms with Crippen molar-refractivity contribution in [3.63, 3.8) is 0 Å². The Kier molecular flexibility index (Phi) is 7.55. The number of anilines is 1. The molecule has 0 aliphatic carbocycles. The van der Waals surface area contributed by atoms with Crippen molar-refractivity contribution in [2.75, 3.05) is 51.8 Å². The Morgan fingerprint density at radius 2 is 1.48 bits per heavy atom. The largest absolute Gasteiger partial charge is 0.493 e. The third kappa shape index (κ3) is 5.78. The molecule has 0 bridgehead atoms. The molecule has 0 atom stereocenters. The van der Waals surface area contributed by atoms with Gasteiger partial charge in [0.25, 0.3) is 5.91 Å². The number of hydrogen-bond donors (Lipinski definition) is 0. The SMILES string of the molecule is Cc1cccc(C)c1OCCCC(=O)N1CCN(C(=O)c2ccc(N(C)C)cc2)CC1. The van der Waals surface area contributed by atoms with Crippen LogP contribution in [0.2, 0.25) is 0 Å². The molecule has 0 unspecified atom stereocenters. The molecule has 31 heavy (non-hydrogen) atoms. The number of ether oxygens (including phenoxy) is 1. The molecule has 2 amide bonds. The number of nitrogens with zero attached hydrogens (tertiary/aromatic N) is 3. The van der Waals surface area contributed by atoms with Gasteiger partial charge in [-0.3, -0.25) is 9.59 Å². The second-order valence-electron chi connectivity index (χ2n) is 8.29. The zero-order valence-electron chi connectivity index (χ0n) is 19.1. The summed E-state index contributed by atoms with van der Waals surface area (Å²) in [4.78, 5) is 31.0. The molecule has 0 spiro atoms. The Hall–Kier alpha value is -3.02. The fourth-order valence-corrected chi connectivity index (χ4v) is 3.83. The predicted octanol–water partition coefficient (Wildman–Crippen LogP) is 3.51. The van der Waals surface area contributed by atoms with Crippen molar-refractivity contribution < 1.29 is 14.3 Å². The van der Waals surface area contributed by atoms with E-state index in [0.717, 1.165) is 22.6 Å². The lowest BCUT2D eigenvalue weighted by molar-refractivity contribution is -0.132. The second-order valence-corrected chi connectivity index (χ2v) is 8.29. The van der Waals surface area contributed by atoms with Crippen LogP contribution >= 0.6 is 0 Å². The number of carbonyl (C=O) groups excluding carboxylic acids is 2. The minimum absolute atomic E-state index is 0.0272. The standard InChI is InChI=1S/C25H33N3O3/c1-19-7-5-8-20(2)24(19)31-18-6-9-23(29)27-14-16-28(17-15-27)25(30)21-10-12-22(13-11-21)26(3)4/h5,7-8,10-13H,6,9,14-18H2,1-4H3. The first-order valence-corrected chi connectivity index (χ1v) is 10.9. The average molecular weight is 424 g/mol. The second kappa shape index (κ2) is 10.3. The molecule has 0 radical (unpaired) electrons. The highest BCUT2D eigenvalue weighted by atomic mass is 16.5. The Morgan fingerprint density at radius 3 is 2.06 bits per heavy atom. The van der Waals surface area contributed by atoms with Gasteiger partial charge in [-0.2, -0.15) is 0 Å². The Balaban J connectivity index is 1.41. The lowest BCUT2D eigenvalue weighted by Gasteiger charge is -2.35. The molecule has 0 aromatic heterocycles. The summed E-state index contributed by atoms with van der Waals surface area (Å²) in [6.07, 6.45) is 1.15. The number of para-hydroxylation sites is 1. The highest BCUT2D eigenvalue weighted by Gasteiger charge is 2.24. The van der Waals surface area contributed by atoms with E-state index in [1.54, 1.807) is 0 Å². The summed E-state index contributed by atoms with van der Waals surface area (Å²) in [5.74, 6) is 1.08. The number of carbonyl (C=O) groups is 2. The van der Waals surface area contributed by atoms with Crippen molar-refractivity contribution >= 4 is 17.5 Å². The van der Waals surface area contributed by atoms with E-state index in [1.165, 1.54) is 0 Å². The molecule has 1 saturated heterocycles. The number of amides is 2. The average Bonchev–Trinajstić information content (AvgIpc) is 2.77. The van der Waals surface area contributed by atoms with Gasteiger partial charge >= 0.3 is 0 Å². The van der Waals surface area contributed by atoms with Gasteiger partial charge in [0.2, 0.25) is 5.91 Å². The van der Waals surface area contributed by atoms with E-state index in [-0.39, 0.29) is 11.8 Å². The summed E-state index contributed by atoms with van der Waals surface area (Å²) in [6.45, 7) is 6.89. The van der Waals surface area contributed by atoms with E-state index < -0.39 is 0 Å². The summed E-state index contributed by atoms with van der Waals surface area (Å²) in [5.41, 5.74) is 3.98. The van der Waals surface area contributed by atoms with Gasteiger partial charge in [-0.1, -0.05) is 18.2 Å². The van der Waals surface area contributed by atoms with Crippen LogP contribution in [-0.2, 0) is 4.79 Å². The number of benzene rings is 2. The molecule has 6 heteroatoms. The van der Waals surface area contributed by atoms with Crippen LogP contribution in [0.1, 0.15) is 34.3 Å². The highest BCUT2D eigenvalue weighted by Crippen LogP contribution is 2.22. The van der Waals surface area contributed by atoms with Crippen molar-refractivity contribution in [1.29, 1.82) is 0 Å². The van der Waals surface area contributed by atoms with Crippen molar-refractivity contribution in [3.05, 3.63) is 59.2 Å². The summed E-state index contributed by atoms with van der Waals surface area (Å²) >= 11 is 0. The van der Waals surface area contributed by atoms with Gasteiger partial charge in [0.15, 0.2) is 0 Å². The molecule has 6 nitrogen and oxygen atoms in total. The van der Waals surface area contributed by atoms with Crippen molar-refractivity contribution in [2.24, 2.45) is 0 Å². The number of aryl methyl sites for hydroxylation is 2. The van der Waals surface area contributed by atoms with E-state index in [9.17, 15) is 9.59 Å². The van der Waals surface area contributed by atoms with Crippen LogP contribution in [0, 0.1) is 13.8 Å². The van der Waals surface area contributed by atoms with Gasteiger partial charge in [0.05, 0.1) is 6.61 Å². The first-order valence-electron chi connectivity index (χ1n) is 10.9. The van der Waals surface area contributed by atoms with Crippen molar-refractivity contribution in [1.82, 2.24) is 9.80 Å². The van der Waals surface area contributed by atoms with Crippen LogP contribution < -0.4 is 9.64 Å². The topological polar surface area (TPSA) is 53.1 Å². The highest BCUT2D eigenvalue weighted by molar-refractivity contribution is 5.94. The molecule has 166 valence electrons. The zero-order valence-corrected chi connectivity index (χ0v) is 19.1. The summed E-state index contributed by atoms with van der Waals surface area (Å²) in [7, 11) is 3.95. The monoisotopic (exact) mass is 423 g/mol. The molecule has 2 aromatic rings. The first-order chi connectivity index (χ1) is 14.9. The molecule has 1 heterocycles. The summed E-state index contributed by atoms with van der Waals surface area (Å²) < 4.78 is 5.90. The van der Waals surface area contributed by atoms with Crippen LogP contribution in [0.25, 0.3) is 0 Å². The molecule has 2 aromatic carbocycles. The van der Waals surface area contributed by atoms with Gasteiger partial charge in [-0.25, -0.2) is 0 Å². The molecular weight excluding hydrogens is 390 g/mol. The maximum atomic E-state index is 12.8. The third-order valence-corrected chi connectivity index (χ3v) is 5.74. The normalized spacial score (nSPS) is 13.8. The zero-order chi connectivity index (χ0) is 22.4. The molecule has 0 saturated carbocycles. The van der Waals surface area contributed by atoms with E-state index in [4.69, 9.17) is 4.74 Å². The first kappa shape index (κ1) is 22.7. The van der Waals surface area contributed by atoms with Crippen LogP contribution in [0.3, 0.4) is 0 Å². The lowest BCUT2D eigenvalue weighted by Crippen LogP contribution is -2.50. The quantitative estimate of drug-likeness (QED) is 0.640. The molecule has 0 N–H and O–H groups in total.